The molecule has 3 aromatic rings. The molecule has 1 N–H and O–H groups in total. The predicted octanol–water partition coefficient (Wildman–Crippen LogP) is 3.18. The van der Waals surface area contributed by atoms with Crippen LogP contribution in [-0.2, 0) is 6.54 Å². The second-order valence-corrected chi connectivity index (χ2v) is 4.90. The van der Waals surface area contributed by atoms with Crippen LogP contribution in [0.15, 0.2) is 42.6 Å². The van der Waals surface area contributed by atoms with Gasteiger partial charge in [-0.1, -0.05) is 36.7 Å². The van der Waals surface area contributed by atoms with Crippen molar-refractivity contribution < 1.29 is 0 Å². The molecule has 2 aromatic heterocycles. The van der Waals surface area contributed by atoms with Gasteiger partial charge in [0.25, 0.3) is 0 Å². The van der Waals surface area contributed by atoms with Crippen molar-refractivity contribution >= 4 is 22.5 Å². The molecule has 0 aliphatic heterocycles. The molecule has 0 bridgehead atoms. The van der Waals surface area contributed by atoms with E-state index in [0.29, 0.717) is 11.6 Å². The van der Waals surface area contributed by atoms with Crippen LogP contribution < -0.4 is 5.32 Å². The molecule has 102 valence electrons. The minimum atomic E-state index is 0.655. The Labute approximate surface area is 122 Å². The number of aromatic nitrogens is 3. The van der Waals surface area contributed by atoms with Gasteiger partial charge >= 0.3 is 0 Å². The number of benzene rings is 1. The second kappa shape index (κ2) is 5.61. The monoisotopic (exact) mass is 286 g/mol. The van der Waals surface area contributed by atoms with Crippen LogP contribution >= 0.6 is 11.6 Å². The number of fused-ring (bicyclic) bond motifs is 1. The van der Waals surface area contributed by atoms with Crippen LogP contribution in [-0.4, -0.2) is 21.3 Å². The largest absolute Gasteiger partial charge is 0.311 e. The van der Waals surface area contributed by atoms with Crippen molar-refractivity contribution in [1.82, 2.24) is 20.1 Å². The van der Waals surface area contributed by atoms with Gasteiger partial charge in [0, 0.05) is 11.9 Å². The van der Waals surface area contributed by atoms with Gasteiger partial charge in [0.15, 0.2) is 5.82 Å². The molecule has 1 aromatic carbocycles. The summed E-state index contributed by atoms with van der Waals surface area (Å²) in [5.41, 5.74) is 1.88. The van der Waals surface area contributed by atoms with Crippen molar-refractivity contribution in [3.8, 4) is 5.82 Å². The van der Waals surface area contributed by atoms with E-state index in [-0.39, 0.29) is 0 Å². The van der Waals surface area contributed by atoms with E-state index in [9.17, 15) is 0 Å². The summed E-state index contributed by atoms with van der Waals surface area (Å²) in [7, 11) is 0. The quantitative estimate of drug-likeness (QED) is 0.801. The van der Waals surface area contributed by atoms with Gasteiger partial charge in [0.1, 0.15) is 0 Å². The van der Waals surface area contributed by atoms with E-state index in [1.54, 1.807) is 0 Å². The Balaban J connectivity index is 2.05. The third kappa shape index (κ3) is 2.40. The molecule has 0 fully saturated rings. The smallest absolute Gasteiger partial charge is 0.154 e. The zero-order valence-electron chi connectivity index (χ0n) is 11.2. The molecule has 0 radical (unpaired) electrons. The number of para-hydroxylation sites is 1. The summed E-state index contributed by atoms with van der Waals surface area (Å²) in [6.45, 7) is 3.59. The lowest BCUT2D eigenvalue weighted by molar-refractivity contribution is 0.706. The molecule has 0 aliphatic carbocycles. The van der Waals surface area contributed by atoms with Crippen LogP contribution in [0.1, 0.15) is 12.6 Å². The predicted molar refractivity (Wildman–Crippen MR) is 81.3 cm³/mol. The maximum absolute atomic E-state index is 6.18. The van der Waals surface area contributed by atoms with Gasteiger partial charge in [-0.3, -0.25) is 0 Å². The van der Waals surface area contributed by atoms with Crippen molar-refractivity contribution in [2.24, 2.45) is 0 Å². The molecule has 20 heavy (non-hydrogen) atoms. The molecule has 0 atom stereocenters. The highest BCUT2D eigenvalue weighted by Crippen LogP contribution is 2.20. The summed E-state index contributed by atoms with van der Waals surface area (Å²) in [6.07, 6.45) is 1.84. The highest BCUT2D eigenvalue weighted by molar-refractivity contribution is 6.31. The number of hydrogen-bond donors (Lipinski definition) is 1. The van der Waals surface area contributed by atoms with Crippen LogP contribution in [0.5, 0.6) is 0 Å². The zero-order valence-corrected chi connectivity index (χ0v) is 11.9. The van der Waals surface area contributed by atoms with Crippen LogP contribution in [0.2, 0.25) is 5.02 Å². The van der Waals surface area contributed by atoms with Crippen LogP contribution in [0.25, 0.3) is 16.7 Å². The normalized spacial score (nSPS) is 11.1. The van der Waals surface area contributed by atoms with E-state index < -0.39 is 0 Å². The van der Waals surface area contributed by atoms with Crippen molar-refractivity contribution in [3.63, 3.8) is 0 Å². The zero-order chi connectivity index (χ0) is 13.9. The standard InChI is InChI=1S/C15H15ClN4/c1-2-17-10-13-12(16)7-8-15(19-13)20-14-6-4-3-5-11(14)9-18-20/h3-9,17H,2,10H2,1H3. The highest BCUT2D eigenvalue weighted by atomic mass is 35.5. The first kappa shape index (κ1) is 13.1. The molecule has 3 rings (SSSR count). The molecule has 0 saturated carbocycles. The highest BCUT2D eigenvalue weighted by Gasteiger charge is 2.08. The Hall–Kier alpha value is -1.91. The number of halogens is 1. The number of nitrogens with zero attached hydrogens (tertiary/aromatic N) is 3. The summed E-state index contributed by atoms with van der Waals surface area (Å²) in [5, 5.41) is 9.41. The third-order valence-corrected chi connectivity index (χ3v) is 3.48. The van der Waals surface area contributed by atoms with E-state index in [1.807, 2.05) is 47.3 Å². The fourth-order valence-electron chi connectivity index (χ4n) is 2.11. The Morgan fingerprint density at radius 3 is 2.90 bits per heavy atom. The van der Waals surface area contributed by atoms with Crippen LogP contribution in [0.4, 0.5) is 0 Å². The van der Waals surface area contributed by atoms with E-state index in [1.165, 1.54) is 0 Å². The van der Waals surface area contributed by atoms with Gasteiger partial charge in [-0.25, -0.2) is 9.67 Å². The summed E-state index contributed by atoms with van der Waals surface area (Å²) in [5.74, 6) is 0.781. The number of hydrogen-bond acceptors (Lipinski definition) is 3. The lowest BCUT2D eigenvalue weighted by Crippen LogP contribution is -2.14. The van der Waals surface area contributed by atoms with E-state index in [4.69, 9.17) is 11.6 Å². The van der Waals surface area contributed by atoms with Gasteiger partial charge in [0.2, 0.25) is 0 Å². The first-order valence-corrected chi connectivity index (χ1v) is 6.96. The Bertz CT molecular complexity index is 736. The van der Waals surface area contributed by atoms with Crippen molar-refractivity contribution in [1.29, 1.82) is 0 Å². The maximum atomic E-state index is 6.18. The minimum absolute atomic E-state index is 0.655. The summed E-state index contributed by atoms with van der Waals surface area (Å²) >= 11 is 6.18. The SMILES string of the molecule is CCNCc1nc(-n2ncc3ccccc32)ccc1Cl. The lowest BCUT2D eigenvalue weighted by Gasteiger charge is -2.08. The average molecular weight is 287 g/mol. The fourth-order valence-corrected chi connectivity index (χ4v) is 2.28. The summed E-state index contributed by atoms with van der Waals surface area (Å²) in [4.78, 5) is 4.61. The van der Waals surface area contributed by atoms with E-state index in [0.717, 1.165) is 29.0 Å². The topological polar surface area (TPSA) is 42.7 Å². The van der Waals surface area contributed by atoms with Gasteiger partial charge in [-0.15, -0.1) is 0 Å². The van der Waals surface area contributed by atoms with Crippen LogP contribution in [0.3, 0.4) is 0 Å². The van der Waals surface area contributed by atoms with Crippen molar-refractivity contribution in [2.45, 2.75) is 13.5 Å². The lowest BCUT2D eigenvalue weighted by atomic mass is 10.2. The molecule has 0 amide bonds. The van der Waals surface area contributed by atoms with E-state index >= 15 is 0 Å². The number of pyridine rings is 1. The number of rotatable bonds is 4. The molecule has 2 heterocycles. The van der Waals surface area contributed by atoms with Crippen molar-refractivity contribution in [2.75, 3.05) is 6.54 Å². The first-order valence-electron chi connectivity index (χ1n) is 6.59. The number of nitrogens with one attached hydrogen (secondary N) is 1. The fraction of sp³-hybridized carbons (Fsp3) is 0.200. The molecule has 0 aliphatic rings. The van der Waals surface area contributed by atoms with Crippen LogP contribution in [0, 0.1) is 0 Å². The maximum Gasteiger partial charge on any atom is 0.154 e. The Kier molecular flexibility index (Phi) is 3.67. The first-order chi connectivity index (χ1) is 9.79. The molecular weight excluding hydrogens is 272 g/mol. The van der Waals surface area contributed by atoms with Gasteiger partial charge < -0.3 is 5.32 Å². The second-order valence-electron chi connectivity index (χ2n) is 4.49. The Morgan fingerprint density at radius 1 is 1.20 bits per heavy atom. The van der Waals surface area contributed by atoms with Gasteiger partial charge in [0.05, 0.1) is 22.4 Å². The molecule has 5 heteroatoms. The summed E-state index contributed by atoms with van der Waals surface area (Å²) < 4.78 is 1.83. The minimum Gasteiger partial charge on any atom is -0.311 e. The molecule has 0 saturated heterocycles. The molecule has 0 spiro atoms. The molecule has 0 unspecified atom stereocenters. The van der Waals surface area contributed by atoms with Gasteiger partial charge in [-0.2, -0.15) is 5.10 Å². The van der Waals surface area contributed by atoms with Gasteiger partial charge in [-0.05, 0) is 24.7 Å². The molecular formula is C15H15ClN4. The third-order valence-electron chi connectivity index (χ3n) is 3.14. The average Bonchev–Trinajstić information content (AvgIpc) is 2.90. The van der Waals surface area contributed by atoms with E-state index in [2.05, 4.69) is 22.3 Å². The van der Waals surface area contributed by atoms with Crippen molar-refractivity contribution in [3.05, 3.63) is 53.3 Å². The Morgan fingerprint density at radius 2 is 2.05 bits per heavy atom. The summed E-state index contributed by atoms with van der Waals surface area (Å²) in [6, 6.07) is 11.8. The molecule has 4 nitrogen and oxygen atoms in total.